The van der Waals surface area contributed by atoms with Gasteiger partial charge in [0.25, 0.3) is 0 Å². The van der Waals surface area contributed by atoms with E-state index in [0.29, 0.717) is 0 Å². The molecular weight excluding hydrogens is 138 g/mol. The number of hydrogen-bond donors (Lipinski definition) is 0. The van der Waals surface area contributed by atoms with Gasteiger partial charge in [-0.25, -0.2) is 0 Å². The van der Waals surface area contributed by atoms with Crippen molar-refractivity contribution in [3.8, 4) is 0 Å². The third-order valence-electron chi connectivity index (χ3n) is 2.12. The Morgan fingerprint density at radius 2 is 2.36 bits per heavy atom. The highest BCUT2D eigenvalue weighted by Gasteiger charge is 2.23. The predicted octanol–water partition coefficient (Wildman–Crippen LogP) is 1.63. The minimum Gasteiger partial charge on any atom is -0.380 e. The minimum absolute atomic E-state index is 0.0126. The molecule has 2 heteroatoms. The van der Waals surface area contributed by atoms with Crippen LogP contribution in [0, 0.1) is 0 Å². The van der Waals surface area contributed by atoms with Crippen molar-refractivity contribution in [1.82, 2.24) is 4.90 Å². The average molecular weight is 155 g/mol. The highest BCUT2D eigenvalue weighted by atomic mass is 16.5. The lowest BCUT2D eigenvalue weighted by Crippen LogP contribution is -2.35. The fraction of sp³-hybridized carbons (Fsp3) is 0.778. The largest absolute Gasteiger partial charge is 0.380 e. The van der Waals surface area contributed by atoms with Gasteiger partial charge in [0.15, 0.2) is 0 Å². The molecule has 0 saturated heterocycles. The highest BCUT2D eigenvalue weighted by molar-refractivity contribution is 5.03. The maximum atomic E-state index is 5.61. The molecule has 0 bridgehead atoms. The monoisotopic (exact) mass is 155 g/mol. The molecule has 1 unspecified atom stereocenters. The van der Waals surface area contributed by atoms with Crippen LogP contribution in [0.5, 0.6) is 0 Å². The minimum atomic E-state index is -0.0126. The van der Waals surface area contributed by atoms with Crippen LogP contribution < -0.4 is 0 Å². The Labute approximate surface area is 68.8 Å². The van der Waals surface area contributed by atoms with E-state index in [4.69, 9.17) is 4.74 Å². The molecule has 0 fully saturated rings. The van der Waals surface area contributed by atoms with Gasteiger partial charge in [-0.15, -0.1) is 0 Å². The zero-order valence-electron chi connectivity index (χ0n) is 7.63. The van der Waals surface area contributed by atoms with E-state index in [1.807, 2.05) is 6.92 Å². The van der Waals surface area contributed by atoms with E-state index in [2.05, 4.69) is 31.1 Å². The quantitative estimate of drug-likeness (QED) is 0.601. The third kappa shape index (κ3) is 2.22. The molecule has 0 aliphatic carbocycles. The van der Waals surface area contributed by atoms with Crippen molar-refractivity contribution < 1.29 is 4.74 Å². The number of rotatable bonds is 2. The standard InChI is InChI=1S/C9H17NO/c1-4-11-9(2)5-7-10(3)8-6-9/h5,7H,4,6,8H2,1-3H3. The van der Waals surface area contributed by atoms with Crippen molar-refractivity contribution in [1.29, 1.82) is 0 Å². The van der Waals surface area contributed by atoms with Gasteiger partial charge >= 0.3 is 0 Å². The summed E-state index contributed by atoms with van der Waals surface area (Å²) in [4.78, 5) is 2.18. The van der Waals surface area contributed by atoms with Crippen LogP contribution in [0.3, 0.4) is 0 Å². The van der Waals surface area contributed by atoms with E-state index in [1.165, 1.54) is 0 Å². The van der Waals surface area contributed by atoms with Crippen molar-refractivity contribution in [3.05, 3.63) is 12.3 Å². The molecule has 0 aromatic rings. The zero-order chi connectivity index (χ0) is 8.32. The van der Waals surface area contributed by atoms with Crippen LogP contribution >= 0.6 is 0 Å². The summed E-state index contributed by atoms with van der Waals surface area (Å²) < 4.78 is 5.61. The van der Waals surface area contributed by atoms with Crippen LogP contribution in [-0.4, -0.2) is 30.7 Å². The summed E-state index contributed by atoms with van der Waals surface area (Å²) in [6, 6.07) is 0. The predicted molar refractivity (Wildman–Crippen MR) is 46.4 cm³/mol. The molecule has 0 aromatic heterocycles. The molecule has 1 heterocycles. The Hall–Kier alpha value is -0.500. The summed E-state index contributed by atoms with van der Waals surface area (Å²) in [6.45, 7) is 6.06. The van der Waals surface area contributed by atoms with Crippen molar-refractivity contribution in [2.24, 2.45) is 0 Å². The Kier molecular flexibility index (Phi) is 2.55. The van der Waals surface area contributed by atoms with Crippen molar-refractivity contribution in [2.75, 3.05) is 20.2 Å². The molecule has 0 spiro atoms. The molecule has 64 valence electrons. The topological polar surface area (TPSA) is 12.5 Å². The summed E-state index contributed by atoms with van der Waals surface area (Å²) in [7, 11) is 2.09. The zero-order valence-corrected chi connectivity index (χ0v) is 7.63. The maximum Gasteiger partial charge on any atom is 0.0867 e. The fourth-order valence-electron chi connectivity index (χ4n) is 1.29. The van der Waals surface area contributed by atoms with Crippen LogP contribution in [0.25, 0.3) is 0 Å². The molecule has 1 aliphatic heterocycles. The van der Waals surface area contributed by atoms with Gasteiger partial charge in [-0.05, 0) is 32.5 Å². The van der Waals surface area contributed by atoms with Crippen LogP contribution in [0.4, 0.5) is 0 Å². The Balaban J connectivity index is 2.53. The van der Waals surface area contributed by atoms with Gasteiger partial charge in [0.1, 0.15) is 0 Å². The van der Waals surface area contributed by atoms with E-state index in [9.17, 15) is 0 Å². The van der Waals surface area contributed by atoms with Crippen LogP contribution in [0.2, 0.25) is 0 Å². The molecule has 11 heavy (non-hydrogen) atoms. The first-order valence-corrected chi connectivity index (χ1v) is 4.20. The Morgan fingerprint density at radius 3 is 2.82 bits per heavy atom. The van der Waals surface area contributed by atoms with E-state index in [1.54, 1.807) is 0 Å². The smallest absolute Gasteiger partial charge is 0.0867 e. The molecule has 0 amide bonds. The molecule has 0 aromatic carbocycles. The summed E-state index contributed by atoms with van der Waals surface area (Å²) in [5.74, 6) is 0. The molecule has 1 atom stereocenters. The lowest BCUT2D eigenvalue weighted by atomic mass is 9.99. The number of ether oxygens (including phenoxy) is 1. The van der Waals surface area contributed by atoms with Gasteiger partial charge in [-0.2, -0.15) is 0 Å². The van der Waals surface area contributed by atoms with Gasteiger partial charge in [0.05, 0.1) is 5.60 Å². The van der Waals surface area contributed by atoms with Gasteiger partial charge in [0.2, 0.25) is 0 Å². The summed E-state index contributed by atoms with van der Waals surface area (Å²) in [5, 5.41) is 0. The molecule has 2 nitrogen and oxygen atoms in total. The summed E-state index contributed by atoms with van der Waals surface area (Å²) in [6.07, 6.45) is 5.33. The second-order valence-corrected chi connectivity index (χ2v) is 3.29. The first-order valence-electron chi connectivity index (χ1n) is 4.20. The molecule has 0 N–H and O–H groups in total. The molecule has 0 radical (unpaired) electrons. The summed E-state index contributed by atoms with van der Waals surface area (Å²) in [5.41, 5.74) is -0.0126. The van der Waals surface area contributed by atoms with Crippen LogP contribution in [0.1, 0.15) is 20.3 Å². The van der Waals surface area contributed by atoms with Crippen LogP contribution in [-0.2, 0) is 4.74 Å². The van der Waals surface area contributed by atoms with Crippen molar-refractivity contribution >= 4 is 0 Å². The van der Waals surface area contributed by atoms with Gasteiger partial charge in [-0.1, -0.05) is 0 Å². The molecule has 0 saturated carbocycles. The second kappa shape index (κ2) is 3.26. The molecule has 1 rings (SSSR count). The SMILES string of the molecule is CCOC1(C)C=CN(C)CC1. The van der Waals surface area contributed by atoms with Crippen molar-refractivity contribution in [3.63, 3.8) is 0 Å². The van der Waals surface area contributed by atoms with Gasteiger partial charge < -0.3 is 9.64 Å². The fourth-order valence-corrected chi connectivity index (χ4v) is 1.29. The summed E-state index contributed by atoms with van der Waals surface area (Å²) >= 11 is 0. The van der Waals surface area contributed by atoms with E-state index < -0.39 is 0 Å². The normalized spacial score (nSPS) is 31.0. The molecule has 1 aliphatic rings. The van der Waals surface area contributed by atoms with E-state index in [0.717, 1.165) is 19.6 Å². The number of nitrogens with zero attached hydrogens (tertiary/aromatic N) is 1. The van der Waals surface area contributed by atoms with Gasteiger partial charge in [0, 0.05) is 20.2 Å². The van der Waals surface area contributed by atoms with Crippen LogP contribution in [0.15, 0.2) is 12.3 Å². The average Bonchev–Trinajstić information content (AvgIpc) is 1.97. The second-order valence-electron chi connectivity index (χ2n) is 3.29. The first-order chi connectivity index (χ1) is 5.16. The maximum absolute atomic E-state index is 5.61. The third-order valence-corrected chi connectivity index (χ3v) is 2.12. The van der Waals surface area contributed by atoms with E-state index in [-0.39, 0.29) is 5.60 Å². The first kappa shape index (κ1) is 8.60. The lowest BCUT2D eigenvalue weighted by molar-refractivity contribution is -0.00269. The Bertz CT molecular complexity index is 156. The van der Waals surface area contributed by atoms with E-state index >= 15 is 0 Å². The molecular formula is C9H17NO. The van der Waals surface area contributed by atoms with Gasteiger partial charge in [-0.3, -0.25) is 0 Å². The van der Waals surface area contributed by atoms with Crippen molar-refractivity contribution in [2.45, 2.75) is 25.9 Å². The highest BCUT2D eigenvalue weighted by Crippen LogP contribution is 2.21. The Morgan fingerprint density at radius 1 is 1.64 bits per heavy atom. The number of hydrogen-bond acceptors (Lipinski definition) is 2. The lowest BCUT2D eigenvalue weighted by Gasteiger charge is -2.32.